The van der Waals surface area contributed by atoms with E-state index in [0.29, 0.717) is 6.04 Å². The van der Waals surface area contributed by atoms with Crippen LogP contribution >= 0.6 is 0 Å². The van der Waals surface area contributed by atoms with Crippen LogP contribution in [-0.4, -0.2) is 38.1 Å². The van der Waals surface area contributed by atoms with Crippen molar-refractivity contribution in [1.82, 2.24) is 10.2 Å². The van der Waals surface area contributed by atoms with Crippen LogP contribution in [-0.2, 0) is 0 Å². The van der Waals surface area contributed by atoms with Crippen molar-refractivity contribution in [3.05, 3.63) is 0 Å². The van der Waals surface area contributed by atoms with Crippen molar-refractivity contribution in [3.63, 3.8) is 0 Å². The smallest absolute Gasteiger partial charge is 0.0222 e. The van der Waals surface area contributed by atoms with Crippen molar-refractivity contribution in [2.45, 2.75) is 46.1 Å². The second-order valence-electron chi connectivity index (χ2n) is 4.40. The van der Waals surface area contributed by atoms with E-state index in [1.54, 1.807) is 0 Å². The molecule has 0 spiro atoms. The van der Waals surface area contributed by atoms with Gasteiger partial charge in [0.2, 0.25) is 0 Å². The van der Waals surface area contributed by atoms with Crippen molar-refractivity contribution < 1.29 is 0 Å². The van der Waals surface area contributed by atoms with Crippen molar-refractivity contribution in [3.8, 4) is 0 Å². The normalized spacial score (nSPS) is 13.9. The first-order chi connectivity index (χ1) is 6.65. The highest BCUT2D eigenvalue weighted by molar-refractivity contribution is 4.76. The minimum absolute atomic E-state index is 0.667. The number of rotatable bonds is 8. The fourth-order valence-electron chi connectivity index (χ4n) is 1.96. The minimum Gasteiger partial charge on any atom is -0.312 e. The van der Waals surface area contributed by atoms with Gasteiger partial charge in [0, 0.05) is 12.6 Å². The van der Waals surface area contributed by atoms with Crippen molar-refractivity contribution in [2.24, 2.45) is 5.92 Å². The molecule has 0 aliphatic heterocycles. The summed E-state index contributed by atoms with van der Waals surface area (Å²) >= 11 is 0. The summed E-state index contributed by atoms with van der Waals surface area (Å²) in [4.78, 5) is 2.28. The molecule has 0 aromatic rings. The minimum atomic E-state index is 0.667. The van der Waals surface area contributed by atoms with Crippen molar-refractivity contribution in [1.29, 1.82) is 0 Å². The van der Waals surface area contributed by atoms with Gasteiger partial charge >= 0.3 is 0 Å². The zero-order valence-corrected chi connectivity index (χ0v) is 10.6. The Kier molecular flexibility index (Phi) is 8.20. The largest absolute Gasteiger partial charge is 0.312 e. The molecule has 1 N–H and O–H groups in total. The molecular formula is C12H28N2. The highest BCUT2D eigenvalue weighted by Gasteiger charge is 2.17. The number of nitrogens with zero attached hydrogens (tertiary/aromatic N) is 1. The molecule has 0 aliphatic carbocycles. The summed E-state index contributed by atoms with van der Waals surface area (Å²) < 4.78 is 0. The van der Waals surface area contributed by atoms with E-state index in [2.05, 4.69) is 45.1 Å². The van der Waals surface area contributed by atoms with E-state index in [-0.39, 0.29) is 0 Å². The van der Waals surface area contributed by atoms with E-state index in [9.17, 15) is 0 Å². The Labute approximate surface area is 90.1 Å². The van der Waals surface area contributed by atoms with Gasteiger partial charge in [0.1, 0.15) is 0 Å². The maximum absolute atomic E-state index is 3.66. The van der Waals surface area contributed by atoms with Gasteiger partial charge in [-0.25, -0.2) is 0 Å². The summed E-state index contributed by atoms with van der Waals surface area (Å²) in [5.74, 6) is 0.823. The van der Waals surface area contributed by atoms with E-state index in [1.165, 1.54) is 19.3 Å². The van der Waals surface area contributed by atoms with Crippen LogP contribution in [0.3, 0.4) is 0 Å². The average Bonchev–Trinajstić information content (AvgIpc) is 2.15. The average molecular weight is 200 g/mol. The zero-order chi connectivity index (χ0) is 11.0. The molecule has 2 nitrogen and oxygen atoms in total. The third kappa shape index (κ3) is 5.61. The summed E-state index contributed by atoms with van der Waals surface area (Å²) in [6.45, 7) is 9.13. The standard InChI is InChI=1S/C12H28N2/c1-6-9-13-12(10-14(4)5)11(7-2)8-3/h11-13H,6-10H2,1-5H3. The molecule has 0 aliphatic rings. The van der Waals surface area contributed by atoms with Crippen LogP contribution in [0.15, 0.2) is 0 Å². The van der Waals surface area contributed by atoms with Gasteiger partial charge in [0.25, 0.3) is 0 Å². The number of nitrogens with one attached hydrogen (secondary N) is 1. The summed E-state index contributed by atoms with van der Waals surface area (Å²) in [7, 11) is 4.31. The van der Waals surface area contributed by atoms with E-state index in [0.717, 1.165) is 19.0 Å². The first-order valence-electron chi connectivity index (χ1n) is 6.03. The maximum Gasteiger partial charge on any atom is 0.0222 e. The Morgan fingerprint density at radius 1 is 1.07 bits per heavy atom. The van der Waals surface area contributed by atoms with Crippen LogP contribution in [0.4, 0.5) is 0 Å². The molecule has 0 rings (SSSR count). The molecule has 0 saturated carbocycles. The van der Waals surface area contributed by atoms with Gasteiger partial charge < -0.3 is 10.2 Å². The third-order valence-electron chi connectivity index (χ3n) is 2.84. The maximum atomic E-state index is 3.66. The molecule has 0 heterocycles. The third-order valence-corrected chi connectivity index (χ3v) is 2.84. The Morgan fingerprint density at radius 2 is 1.64 bits per heavy atom. The second kappa shape index (κ2) is 8.25. The van der Waals surface area contributed by atoms with Gasteiger partial charge in [0.05, 0.1) is 0 Å². The summed E-state index contributed by atoms with van der Waals surface area (Å²) in [6, 6.07) is 0.667. The number of likely N-dealkylation sites (N-methyl/N-ethyl adjacent to an activating group) is 1. The second-order valence-corrected chi connectivity index (χ2v) is 4.40. The van der Waals surface area contributed by atoms with Gasteiger partial charge in [-0.05, 0) is 33.0 Å². The molecule has 0 fully saturated rings. The molecule has 14 heavy (non-hydrogen) atoms. The predicted molar refractivity (Wildman–Crippen MR) is 64.7 cm³/mol. The molecule has 0 bridgehead atoms. The Hall–Kier alpha value is -0.0800. The van der Waals surface area contributed by atoms with Gasteiger partial charge in [0.15, 0.2) is 0 Å². The predicted octanol–water partition coefficient (Wildman–Crippen LogP) is 2.35. The first kappa shape index (κ1) is 13.9. The van der Waals surface area contributed by atoms with Crippen LogP contribution in [0.2, 0.25) is 0 Å². The fraction of sp³-hybridized carbons (Fsp3) is 1.00. The van der Waals surface area contributed by atoms with Gasteiger partial charge in [-0.15, -0.1) is 0 Å². The Morgan fingerprint density at radius 3 is 2.00 bits per heavy atom. The number of hydrogen-bond donors (Lipinski definition) is 1. The van der Waals surface area contributed by atoms with Crippen LogP contribution in [0, 0.1) is 5.92 Å². The van der Waals surface area contributed by atoms with Crippen LogP contribution in [0.1, 0.15) is 40.0 Å². The Bertz CT molecular complexity index is 119. The van der Waals surface area contributed by atoms with Gasteiger partial charge in [-0.1, -0.05) is 33.6 Å². The lowest BCUT2D eigenvalue weighted by molar-refractivity contribution is 0.258. The molecule has 2 heteroatoms. The quantitative estimate of drug-likeness (QED) is 0.647. The van der Waals surface area contributed by atoms with Crippen LogP contribution < -0.4 is 5.32 Å². The van der Waals surface area contributed by atoms with Crippen molar-refractivity contribution in [2.75, 3.05) is 27.2 Å². The lowest BCUT2D eigenvalue weighted by Gasteiger charge is -2.29. The van der Waals surface area contributed by atoms with Crippen LogP contribution in [0.5, 0.6) is 0 Å². The number of hydrogen-bond acceptors (Lipinski definition) is 2. The molecule has 1 unspecified atom stereocenters. The van der Waals surface area contributed by atoms with Crippen molar-refractivity contribution >= 4 is 0 Å². The highest BCUT2D eigenvalue weighted by Crippen LogP contribution is 2.13. The molecular weight excluding hydrogens is 172 g/mol. The van der Waals surface area contributed by atoms with E-state index in [4.69, 9.17) is 0 Å². The Balaban J connectivity index is 4.06. The van der Waals surface area contributed by atoms with Gasteiger partial charge in [-0.3, -0.25) is 0 Å². The summed E-state index contributed by atoms with van der Waals surface area (Å²) in [5, 5.41) is 3.66. The van der Waals surface area contributed by atoms with Gasteiger partial charge in [-0.2, -0.15) is 0 Å². The molecule has 0 saturated heterocycles. The lowest BCUT2D eigenvalue weighted by Crippen LogP contribution is -2.43. The van der Waals surface area contributed by atoms with E-state index >= 15 is 0 Å². The SMILES string of the molecule is CCCNC(CN(C)C)C(CC)CC. The molecule has 86 valence electrons. The molecule has 0 aromatic carbocycles. The van der Waals surface area contributed by atoms with E-state index in [1.807, 2.05) is 0 Å². The zero-order valence-electron chi connectivity index (χ0n) is 10.6. The first-order valence-corrected chi connectivity index (χ1v) is 6.03. The lowest BCUT2D eigenvalue weighted by atomic mass is 9.93. The monoisotopic (exact) mass is 200 g/mol. The highest BCUT2D eigenvalue weighted by atomic mass is 15.1. The molecule has 1 atom stereocenters. The van der Waals surface area contributed by atoms with Crippen LogP contribution in [0.25, 0.3) is 0 Å². The van der Waals surface area contributed by atoms with E-state index < -0.39 is 0 Å². The molecule has 0 radical (unpaired) electrons. The molecule has 0 amide bonds. The fourth-order valence-corrected chi connectivity index (χ4v) is 1.96. The summed E-state index contributed by atoms with van der Waals surface area (Å²) in [5.41, 5.74) is 0. The summed E-state index contributed by atoms with van der Waals surface area (Å²) in [6.07, 6.45) is 3.79. The molecule has 0 aromatic heterocycles. The topological polar surface area (TPSA) is 15.3 Å².